The van der Waals surface area contributed by atoms with Gasteiger partial charge in [0.2, 0.25) is 15.9 Å². The van der Waals surface area contributed by atoms with E-state index >= 15 is 0 Å². The molecule has 1 aliphatic rings. The van der Waals surface area contributed by atoms with E-state index in [1.165, 1.54) is 43.5 Å². The molecule has 4 N–H and O–H groups in total. The highest BCUT2D eigenvalue weighted by molar-refractivity contribution is 7.89. The lowest BCUT2D eigenvalue weighted by Crippen LogP contribution is -2.37. The molecule has 6 nitrogen and oxygen atoms in total. The fourth-order valence-corrected chi connectivity index (χ4v) is 2.99. The summed E-state index contributed by atoms with van der Waals surface area (Å²) in [5.41, 5.74) is 0.554. The number of primary sulfonamides is 1. The average molecular weight is 311 g/mol. The minimum Gasteiger partial charge on any atom is -0.325 e. The highest BCUT2D eigenvalue weighted by atomic mass is 32.2. The van der Waals surface area contributed by atoms with Crippen LogP contribution >= 0.6 is 0 Å². The normalized spacial score (nSPS) is 16.6. The molecular formula is C14H21N3O3S. The molecule has 0 radical (unpaired) electrons. The molecular weight excluding hydrogens is 290 g/mol. The summed E-state index contributed by atoms with van der Waals surface area (Å²) < 4.78 is 22.2. The van der Waals surface area contributed by atoms with Crippen LogP contribution in [0.1, 0.15) is 32.1 Å². The minimum atomic E-state index is -3.70. The monoisotopic (exact) mass is 311 g/mol. The van der Waals surface area contributed by atoms with Gasteiger partial charge in [0, 0.05) is 11.7 Å². The summed E-state index contributed by atoms with van der Waals surface area (Å²) in [4.78, 5) is 11.8. The molecule has 0 aromatic heterocycles. The molecule has 2 rings (SSSR count). The van der Waals surface area contributed by atoms with Crippen LogP contribution in [-0.4, -0.2) is 26.9 Å². The van der Waals surface area contributed by atoms with Crippen molar-refractivity contribution in [3.63, 3.8) is 0 Å². The summed E-state index contributed by atoms with van der Waals surface area (Å²) >= 11 is 0. The van der Waals surface area contributed by atoms with Crippen molar-refractivity contribution < 1.29 is 13.2 Å². The Morgan fingerprint density at radius 3 is 2.33 bits per heavy atom. The molecule has 1 aromatic rings. The highest BCUT2D eigenvalue weighted by Gasteiger charge is 2.14. The van der Waals surface area contributed by atoms with Gasteiger partial charge in [0.05, 0.1) is 11.4 Å². The van der Waals surface area contributed by atoms with E-state index in [1.54, 1.807) is 0 Å². The number of benzene rings is 1. The van der Waals surface area contributed by atoms with Gasteiger partial charge in [0.1, 0.15) is 0 Å². The summed E-state index contributed by atoms with van der Waals surface area (Å²) in [7, 11) is -3.70. The Morgan fingerprint density at radius 2 is 1.76 bits per heavy atom. The first-order valence-electron chi connectivity index (χ1n) is 7.11. The first kappa shape index (κ1) is 15.9. The van der Waals surface area contributed by atoms with Crippen molar-refractivity contribution in [3.05, 3.63) is 24.3 Å². The summed E-state index contributed by atoms with van der Waals surface area (Å²) in [6, 6.07) is 6.23. The lowest BCUT2D eigenvalue weighted by atomic mass is 9.95. The second-order valence-electron chi connectivity index (χ2n) is 5.33. The molecule has 0 spiro atoms. The lowest BCUT2D eigenvalue weighted by Gasteiger charge is -2.22. The van der Waals surface area contributed by atoms with Gasteiger partial charge in [-0.25, -0.2) is 13.6 Å². The largest absolute Gasteiger partial charge is 0.325 e. The molecule has 1 aromatic carbocycles. The van der Waals surface area contributed by atoms with Crippen LogP contribution in [0.4, 0.5) is 5.69 Å². The maximum absolute atomic E-state index is 11.8. The molecule has 0 unspecified atom stereocenters. The number of hydrogen-bond donors (Lipinski definition) is 3. The molecule has 0 bridgehead atoms. The maximum atomic E-state index is 11.8. The summed E-state index contributed by atoms with van der Waals surface area (Å²) in [6.45, 7) is 0.265. The third-order valence-electron chi connectivity index (χ3n) is 3.62. The number of hydrogen-bond acceptors (Lipinski definition) is 4. The smallest absolute Gasteiger partial charge is 0.238 e. The van der Waals surface area contributed by atoms with E-state index in [0.717, 1.165) is 12.8 Å². The highest BCUT2D eigenvalue weighted by Crippen LogP contribution is 2.17. The van der Waals surface area contributed by atoms with Gasteiger partial charge in [-0.3, -0.25) is 4.79 Å². The van der Waals surface area contributed by atoms with Crippen molar-refractivity contribution in [2.24, 2.45) is 5.14 Å². The van der Waals surface area contributed by atoms with Gasteiger partial charge in [-0.2, -0.15) is 0 Å². The zero-order chi connectivity index (χ0) is 15.3. The standard InChI is InChI=1S/C14H21N3O3S/c15-21(19,20)13-8-6-12(7-9-13)17-14(18)10-16-11-4-2-1-3-5-11/h6-9,11,16H,1-5,10H2,(H,17,18)(H2,15,19,20). The molecule has 0 atom stereocenters. The van der Waals surface area contributed by atoms with Crippen LogP contribution in [-0.2, 0) is 14.8 Å². The van der Waals surface area contributed by atoms with E-state index in [-0.39, 0.29) is 17.3 Å². The van der Waals surface area contributed by atoms with E-state index < -0.39 is 10.0 Å². The van der Waals surface area contributed by atoms with Gasteiger partial charge >= 0.3 is 0 Å². The number of sulfonamides is 1. The fraction of sp³-hybridized carbons (Fsp3) is 0.500. The maximum Gasteiger partial charge on any atom is 0.238 e. The van der Waals surface area contributed by atoms with Gasteiger partial charge in [-0.05, 0) is 37.1 Å². The Labute approximate surface area is 125 Å². The topological polar surface area (TPSA) is 101 Å². The zero-order valence-corrected chi connectivity index (χ0v) is 12.7. The summed E-state index contributed by atoms with van der Waals surface area (Å²) in [5, 5.41) is 11.0. The fourth-order valence-electron chi connectivity index (χ4n) is 2.48. The molecule has 0 saturated heterocycles. The van der Waals surface area contributed by atoms with Crippen LogP contribution in [0.15, 0.2) is 29.2 Å². The zero-order valence-electron chi connectivity index (χ0n) is 11.8. The predicted molar refractivity (Wildman–Crippen MR) is 81.3 cm³/mol. The van der Waals surface area contributed by atoms with Crippen LogP contribution in [0.3, 0.4) is 0 Å². The number of carbonyl (C=O) groups excluding carboxylic acids is 1. The Bertz CT molecular complexity index is 578. The number of nitrogens with two attached hydrogens (primary N) is 1. The van der Waals surface area contributed by atoms with Crippen molar-refractivity contribution in [2.75, 3.05) is 11.9 Å². The molecule has 1 amide bonds. The molecule has 1 saturated carbocycles. The van der Waals surface area contributed by atoms with E-state index in [2.05, 4.69) is 10.6 Å². The van der Waals surface area contributed by atoms with Crippen molar-refractivity contribution in [1.29, 1.82) is 0 Å². The Morgan fingerprint density at radius 1 is 1.14 bits per heavy atom. The van der Waals surface area contributed by atoms with Crippen molar-refractivity contribution in [3.8, 4) is 0 Å². The predicted octanol–water partition coefficient (Wildman–Crippen LogP) is 1.19. The molecule has 7 heteroatoms. The molecule has 1 aliphatic carbocycles. The molecule has 21 heavy (non-hydrogen) atoms. The first-order chi connectivity index (χ1) is 9.95. The number of carbonyl (C=O) groups is 1. The van der Waals surface area contributed by atoms with Crippen molar-refractivity contribution in [1.82, 2.24) is 5.32 Å². The number of rotatable bonds is 5. The molecule has 1 fully saturated rings. The second-order valence-corrected chi connectivity index (χ2v) is 6.89. The molecule has 116 valence electrons. The number of amides is 1. The quantitative estimate of drug-likeness (QED) is 0.760. The Kier molecular flexibility index (Phi) is 5.33. The Hall–Kier alpha value is -1.44. The van der Waals surface area contributed by atoms with Gasteiger partial charge < -0.3 is 10.6 Å². The SMILES string of the molecule is NS(=O)(=O)c1ccc(NC(=O)CNC2CCCCC2)cc1. The van der Waals surface area contributed by atoms with Crippen LogP contribution in [0.5, 0.6) is 0 Å². The second kappa shape index (κ2) is 7.02. The van der Waals surface area contributed by atoms with E-state index in [4.69, 9.17) is 5.14 Å². The van der Waals surface area contributed by atoms with Crippen molar-refractivity contribution in [2.45, 2.75) is 43.0 Å². The van der Waals surface area contributed by atoms with Gasteiger partial charge in [-0.15, -0.1) is 0 Å². The molecule has 0 heterocycles. The molecule has 0 aliphatic heterocycles. The van der Waals surface area contributed by atoms with E-state index in [1.807, 2.05) is 0 Å². The third-order valence-corrected chi connectivity index (χ3v) is 4.55. The van der Waals surface area contributed by atoms with Crippen LogP contribution in [0.25, 0.3) is 0 Å². The summed E-state index contributed by atoms with van der Waals surface area (Å²) in [5.74, 6) is -0.135. The minimum absolute atomic E-state index is 0.0285. The first-order valence-corrected chi connectivity index (χ1v) is 8.66. The van der Waals surface area contributed by atoms with Gasteiger partial charge in [0.15, 0.2) is 0 Å². The lowest BCUT2D eigenvalue weighted by molar-refractivity contribution is -0.115. The van der Waals surface area contributed by atoms with Gasteiger partial charge in [0.25, 0.3) is 0 Å². The van der Waals surface area contributed by atoms with E-state index in [9.17, 15) is 13.2 Å². The Balaban J connectivity index is 1.82. The van der Waals surface area contributed by atoms with Crippen LogP contribution in [0, 0.1) is 0 Å². The number of nitrogens with one attached hydrogen (secondary N) is 2. The number of anilines is 1. The van der Waals surface area contributed by atoms with E-state index in [0.29, 0.717) is 11.7 Å². The summed E-state index contributed by atoms with van der Waals surface area (Å²) in [6.07, 6.45) is 5.95. The van der Waals surface area contributed by atoms with Gasteiger partial charge in [-0.1, -0.05) is 19.3 Å². The van der Waals surface area contributed by atoms with Crippen molar-refractivity contribution >= 4 is 21.6 Å². The third kappa shape index (κ3) is 5.11. The van der Waals surface area contributed by atoms with Crippen LogP contribution in [0.2, 0.25) is 0 Å². The van der Waals surface area contributed by atoms with Crippen LogP contribution < -0.4 is 15.8 Å². The average Bonchev–Trinajstić information content (AvgIpc) is 2.46.